The molecule has 0 spiro atoms. The maximum Gasteiger partial charge on any atom is 0.255 e. The number of aromatic nitrogens is 2. The summed E-state index contributed by atoms with van der Waals surface area (Å²) in [6.45, 7) is 0. The smallest absolute Gasteiger partial charge is 0.255 e. The summed E-state index contributed by atoms with van der Waals surface area (Å²) in [4.78, 5) is 16.7. The Morgan fingerprint density at radius 2 is 1.79 bits per heavy atom. The molecule has 0 aliphatic carbocycles. The molecular weight excluding hydrogens is 310 g/mol. The van der Waals surface area contributed by atoms with Gasteiger partial charge in [-0.1, -0.05) is 0 Å². The van der Waals surface area contributed by atoms with Gasteiger partial charge in [0.15, 0.2) is 11.5 Å². The second-order valence-corrected chi connectivity index (χ2v) is 4.98. The van der Waals surface area contributed by atoms with E-state index in [2.05, 4.69) is 10.3 Å². The van der Waals surface area contributed by atoms with Crippen LogP contribution in [-0.2, 0) is 0 Å². The van der Waals surface area contributed by atoms with Crippen LogP contribution in [0.25, 0.3) is 5.65 Å². The van der Waals surface area contributed by atoms with Crippen molar-refractivity contribution in [2.24, 2.45) is 0 Å². The van der Waals surface area contributed by atoms with Gasteiger partial charge >= 0.3 is 0 Å². The van der Waals surface area contributed by atoms with E-state index in [1.54, 1.807) is 30.6 Å². The molecule has 0 unspecified atom stereocenters. The summed E-state index contributed by atoms with van der Waals surface area (Å²) < 4.78 is 17.6. The molecule has 7 nitrogen and oxygen atoms in total. The second kappa shape index (κ2) is 6.49. The Hall–Kier alpha value is -3.22. The van der Waals surface area contributed by atoms with Gasteiger partial charge in [-0.05, 0) is 24.3 Å². The minimum Gasteiger partial charge on any atom is -0.493 e. The Balaban J connectivity index is 1.91. The minimum atomic E-state index is -0.284. The molecule has 3 rings (SSSR count). The number of carbonyl (C=O) groups is 1. The predicted octanol–water partition coefficient (Wildman–Crippen LogP) is 2.61. The van der Waals surface area contributed by atoms with Crippen molar-refractivity contribution < 1.29 is 19.0 Å². The van der Waals surface area contributed by atoms with Crippen molar-refractivity contribution in [1.29, 1.82) is 0 Å². The molecule has 1 aromatic carbocycles. The molecule has 0 atom stereocenters. The highest BCUT2D eigenvalue weighted by molar-refractivity contribution is 6.05. The van der Waals surface area contributed by atoms with E-state index in [0.29, 0.717) is 28.5 Å². The van der Waals surface area contributed by atoms with Crippen molar-refractivity contribution in [2.75, 3.05) is 26.6 Å². The lowest BCUT2D eigenvalue weighted by Crippen LogP contribution is -2.13. The van der Waals surface area contributed by atoms with Crippen LogP contribution in [0.3, 0.4) is 0 Å². The normalized spacial score (nSPS) is 10.5. The van der Waals surface area contributed by atoms with Crippen molar-refractivity contribution in [2.45, 2.75) is 0 Å². The number of fused-ring (bicyclic) bond motifs is 1. The quantitative estimate of drug-likeness (QED) is 0.780. The monoisotopic (exact) mass is 327 g/mol. The summed E-state index contributed by atoms with van der Waals surface area (Å²) in [6, 6.07) is 6.82. The highest BCUT2D eigenvalue weighted by atomic mass is 16.5. The molecule has 0 aliphatic rings. The summed E-state index contributed by atoms with van der Waals surface area (Å²) in [5, 5.41) is 2.84. The molecule has 7 heteroatoms. The molecule has 0 fully saturated rings. The number of pyridine rings is 1. The zero-order chi connectivity index (χ0) is 17.1. The average Bonchev–Trinajstić information content (AvgIpc) is 3.07. The standard InChI is InChI=1S/C17H17N3O4/c1-22-13-8-11(9-14(23-2)16(13)24-3)17(21)19-12-4-5-15-18-6-7-20(15)10-12/h4-10H,1-3H3,(H,19,21). The SMILES string of the molecule is COc1cc(C(=O)Nc2ccc3nccn3c2)cc(OC)c1OC. The Labute approximate surface area is 138 Å². The third-order valence-electron chi connectivity index (χ3n) is 3.57. The number of hydrogen-bond acceptors (Lipinski definition) is 5. The Morgan fingerprint density at radius 1 is 1.08 bits per heavy atom. The van der Waals surface area contributed by atoms with E-state index < -0.39 is 0 Å². The van der Waals surface area contributed by atoms with Crippen LogP contribution in [0.1, 0.15) is 10.4 Å². The van der Waals surface area contributed by atoms with Gasteiger partial charge in [0, 0.05) is 24.2 Å². The summed E-state index contributed by atoms with van der Waals surface area (Å²) in [5.74, 6) is 1.00. The number of amides is 1. The molecule has 0 radical (unpaired) electrons. The lowest BCUT2D eigenvalue weighted by Gasteiger charge is -2.14. The molecule has 0 bridgehead atoms. The minimum absolute atomic E-state index is 0.284. The fourth-order valence-electron chi connectivity index (χ4n) is 2.41. The molecule has 3 aromatic rings. The van der Waals surface area contributed by atoms with Crippen LogP contribution in [-0.4, -0.2) is 36.6 Å². The number of nitrogens with zero attached hydrogens (tertiary/aromatic N) is 2. The third kappa shape index (κ3) is 2.83. The predicted molar refractivity (Wildman–Crippen MR) is 89.2 cm³/mol. The summed E-state index contributed by atoms with van der Waals surface area (Å²) >= 11 is 0. The first-order valence-corrected chi connectivity index (χ1v) is 7.20. The van der Waals surface area contributed by atoms with E-state index in [0.717, 1.165) is 5.65 Å². The van der Waals surface area contributed by atoms with Crippen LogP contribution in [0, 0.1) is 0 Å². The zero-order valence-corrected chi connectivity index (χ0v) is 13.6. The topological polar surface area (TPSA) is 74.1 Å². The maximum atomic E-state index is 12.5. The van der Waals surface area contributed by atoms with Gasteiger partial charge in [-0.2, -0.15) is 0 Å². The van der Waals surface area contributed by atoms with E-state index in [1.165, 1.54) is 21.3 Å². The number of benzene rings is 1. The second-order valence-electron chi connectivity index (χ2n) is 4.98. The van der Waals surface area contributed by atoms with Crippen molar-refractivity contribution >= 4 is 17.2 Å². The molecule has 0 saturated carbocycles. The number of carbonyl (C=O) groups excluding carboxylic acids is 1. The van der Waals surface area contributed by atoms with Gasteiger partial charge in [0.25, 0.3) is 5.91 Å². The first-order chi connectivity index (χ1) is 11.7. The van der Waals surface area contributed by atoms with Crippen LogP contribution in [0.5, 0.6) is 17.2 Å². The van der Waals surface area contributed by atoms with Crippen molar-refractivity contribution in [3.63, 3.8) is 0 Å². The van der Waals surface area contributed by atoms with Gasteiger partial charge < -0.3 is 23.9 Å². The Morgan fingerprint density at radius 3 is 2.42 bits per heavy atom. The molecular formula is C17H17N3O4. The zero-order valence-electron chi connectivity index (χ0n) is 13.6. The number of nitrogens with one attached hydrogen (secondary N) is 1. The molecule has 0 aliphatic heterocycles. The molecule has 2 aromatic heterocycles. The van der Waals surface area contributed by atoms with Crippen LogP contribution in [0.2, 0.25) is 0 Å². The molecule has 124 valence electrons. The van der Waals surface area contributed by atoms with Crippen LogP contribution >= 0.6 is 0 Å². The Bertz CT molecular complexity index is 863. The van der Waals surface area contributed by atoms with Crippen molar-refractivity contribution in [1.82, 2.24) is 9.38 Å². The summed E-state index contributed by atoms with van der Waals surface area (Å²) in [6.07, 6.45) is 5.29. The highest BCUT2D eigenvalue weighted by Crippen LogP contribution is 2.38. The van der Waals surface area contributed by atoms with E-state index in [9.17, 15) is 4.79 Å². The molecule has 24 heavy (non-hydrogen) atoms. The number of anilines is 1. The molecule has 0 saturated heterocycles. The first-order valence-electron chi connectivity index (χ1n) is 7.20. The summed E-state index contributed by atoms with van der Waals surface area (Å²) in [5.41, 5.74) is 1.86. The van der Waals surface area contributed by atoms with E-state index in [4.69, 9.17) is 14.2 Å². The van der Waals surface area contributed by atoms with E-state index >= 15 is 0 Å². The largest absolute Gasteiger partial charge is 0.493 e. The first kappa shape index (κ1) is 15.7. The molecule has 1 N–H and O–H groups in total. The maximum absolute atomic E-state index is 12.5. The van der Waals surface area contributed by atoms with Gasteiger partial charge in [0.1, 0.15) is 5.65 Å². The van der Waals surface area contributed by atoms with Crippen LogP contribution in [0.4, 0.5) is 5.69 Å². The van der Waals surface area contributed by atoms with Gasteiger partial charge in [0.2, 0.25) is 5.75 Å². The van der Waals surface area contributed by atoms with Crippen LogP contribution < -0.4 is 19.5 Å². The van der Waals surface area contributed by atoms with Gasteiger partial charge in [-0.3, -0.25) is 4.79 Å². The highest BCUT2D eigenvalue weighted by Gasteiger charge is 2.17. The molecule has 2 heterocycles. The number of ether oxygens (including phenoxy) is 3. The average molecular weight is 327 g/mol. The van der Waals surface area contributed by atoms with E-state index in [1.807, 2.05) is 16.7 Å². The number of methoxy groups -OCH3 is 3. The lowest BCUT2D eigenvalue weighted by atomic mass is 10.1. The summed E-state index contributed by atoms with van der Waals surface area (Å²) in [7, 11) is 4.53. The Kier molecular flexibility index (Phi) is 4.24. The van der Waals surface area contributed by atoms with Crippen LogP contribution in [0.15, 0.2) is 42.9 Å². The number of hydrogen-bond donors (Lipinski definition) is 1. The van der Waals surface area contributed by atoms with Gasteiger partial charge in [0.05, 0.1) is 27.0 Å². The lowest BCUT2D eigenvalue weighted by molar-refractivity contribution is 0.102. The number of imidazole rings is 1. The fourth-order valence-corrected chi connectivity index (χ4v) is 2.41. The number of rotatable bonds is 5. The van der Waals surface area contributed by atoms with Gasteiger partial charge in [-0.25, -0.2) is 4.98 Å². The van der Waals surface area contributed by atoms with E-state index in [-0.39, 0.29) is 5.91 Å². The van der Waals surface area contributed by atoms with Gasteiger partial charge in [-0.15, -0.1) is 0 Å². The van der Waals surface area contributed by atoms with Crippen molar-refractivity contribution in [3.05, 3.63) is 48.4 Å². The fraction of sp³-hybridized carbons (Fsp3) is 0.176. The molecule has 1 amide bonds. The van der Waals surface area contributed by atoms with Crippen molar-refractivity contribution in [3.8, 4) is 17.2 Å². The third-order valence-corrected chi connectivity index (χ3v) is 3.57.